The first kappa shape index (κ1) is 13.1. The Balaban J connectivity index is 2.10. The average Bonchev–Trinajstić information content (AvgIpc) is 2.76. The Morgan fingerprint density at radius 2 is 2.29 bits per heavy atom. The van der Waals surface area contributed by atoms with Crippen molar-refractivity contribution in [1.82, 2.24) is 20.1 Å². The first-order chi connectivity index (χ1) is 8.09. The van der Waals surface area contributed by atoms with Crippen LogP contribution in [0.2, 0.25) is 0 Å². The normalized spacial score (nSPS) is 12.1. The molecule has 0 bridgehead atoms. The molecule has 1 rings (SSSR count). The van der Waals surface area contributed by atoms with E-state index in [0.29, 0.717) is 19.4 Å². The lowest BCUT2D eigenvalue weighted by atomic mass is 10.1. The molecular formula is C10H16N4O3. The van der Waals surface area contributed by atoms with E-state index in [2.05, 4.69) is 15.4 Å². The molecule has 17 heavy (non-hydrogen) atoms. The molecule has 1 unspecified atom stereocenters. The molecule has 0 aliphatic heterocycles. The molecule has 0 radical (unpaired) electrons. The van der Waals surface area contributed by atoms with Gasteiger partial charge in [0, 0.05) is 6.54 Å². The van der Waals surface area contributed by atoms with Crippen molar-refractivity contribution in [3.63, 3.8) is 0 Å². The summed E-state index contributed by atoms with van der Waals surface area (Å²) in [6.45, 7) is 2.26. The fourth-order valence-electron chi connectivity index (χ4n) is 1.28. The Morgan fingerprint density at radius 1 is 1.53 bits per heavy atom. The molecule has 0 aliphatic rings. The summed E-state index contributed by atoms with van der Waals surface area (Å²) in [7, 11) is 0. The molecule has 0 aliphatic carbocycles. The Hall–Kier alpha value is -1.92. The number of carbonyl (C=O) groups is 2. The molecule has 0 spiro atoms. The summed E-state index contributed by atoms with van der Waals surface area (Å²) in [5.74, 6) is -1.33. The number of nitrogens with one attached hydrogen (secondary N) is 1. The number of carbonyl (C=O) groups excluding carboxylic acids is 1. The molecule has 94 valence electrons. The van der Waals surface area contributed by atoms with E-state index in [1.807, 2.05) is 0 Å². The molecule has 1 atom stereocenters. The first-order valence-electron chi connectivity index (χ1n) is 5.41. The van der Waals surface area contributed by atoms with Crippen molar-refractivity contribution >= 4 is 11.9 Å². The first-order valence-corrected chi connectivity index (χ1v) is 5.41. The second-order valence-electron chi connectivity index (χ2n) is 3.82. The van der Waals surface area contributed by atoms with Gasteiger partial charge >= 0.3 is 5.97 Å². The average molecular weight is 240 g/mol. The maximum atomic E-state index is 11.4. The van der Waals surface area contributed by atoms with Gasteiger partial charge in [0.05, 0.1) is 5.92 Å². The summed E-state index contributed by atoms with van der Waals surface area (Å²) < 4.78 is 1.43. The summed E-state index contributed by atoms with van der Waals surface area (Å²) >= 11 is 0. The van der Waals surface area contributed by atoms with E-state index in [4.69, 9.17) is 5.11 Å². The van der Waals surface area contributed by atoms with E-state index < -0.39 is 5.97 Å². The van der Waals surface area contributed by atoms with Crippen LogP contribution >= 0.6 is 0 Å². The lowest BCUT2D eigenvalue weighted by molar-refractivity contribution is -0.141. The predicted octanol–water partition coefficient (Wildman–Crippen LogP) is -0.105. The lowest BCUT2D eigenvalue weighted by Gasteiger charge is -2.07. The van der Waals surface area contributed by atoms with E-state index in [1.165, 1.54) is 17.3 Å². The van der Waals surface area contributed by atoms with Gasteiger partial charge in [-0.2, -0.15) is 5.10 Å². The highest BCUT2D eigenvalue weighted by Crippen LogP contribution is 2.03. The zero-order chi connectivity index (χ0) is 12.7. The second kappa shape index (κ2) is 6.62. The maximum absolute atomic E-state index is 11.4. The Morgan fingerprint density at radius 3 is 2.88 bits per heavy atom. The second-order valence-corrected chi connectivity index (χ2v) is 3.82. The third kappa shape index (κ3) is 5.10. The highest BCUT2D eigenvalue weighted by molar-refractivity contribution is 5.75. The number of hydrogen-bond acceptors (Lipinski definition) is 4. The third-order valence-electron chi connectivity index (χ3n) is 2.33. The van der Waals surface area contributed by atoms with Crippen molar-refractivity contribution in [3.05, 3.63) is 12.7 Å². The van der Waals surface area contributed by atoms with Crippen molar-refractivity contribution in [2.75, 3.05) is 6.54 Å². The zero-order valence-corrected chi connectivity index (χ0v) is 9.67. The van der Waals surface area contributed by atoms with Gasteiger partial charge in [-0.25, -0.2) is 9.67 Å². The van der Waals surface area contributed by atoms with Crippen LogP contribution in [0, 0.1) is 5.92 Å². The van der Waals surface area contributed by atoms with Crippen molar-refractivity contribution < 1.29 is 14.7 Å². The number of hydrogen-bond donors (Lipinski definition) is 2. The van der Waals surface area contributed by atoms with Crippen LogP contribution in [-0.4, -0.2) is 38.3 Å². The quantitative estimate of drug-likeness (QED) is 0.648. The Bertz CT molecular complexity index is 364. The van der Waals surface area contributed by atoms with E-state index >= 15 is 0 Å². The SMILES string of the molecule is CC(CCCNC(=O)Cn1cncn1)C(=O)O. The van der Waals surface area contributed by atoms with Gasteiger partial charge in [0.1, 0.15) is 19.2 Å². The molecule has 1 aromatic rings. The van der Waals surface area contributed by atoms with Gasteiger partial charge in [-0.05, 0) is 12.8 Å². The van der Waals surface area contributed by atoms with Gasteiger partial charge in [-0.3, -0.25) is 9.59 Å². The summed E-state index contributed by atoms with van der Waals surface area (Å²) in [6, 6.07) is 0. The largest absolute Gasteiger partial charge is 0.481 e. The number of rotatable bonds is 7. The van der Waals surface area contributed by atoms with Gasteiger partial charge < -0.3 is 10.4 Å². The molecule has 1 heterocycles. The van der Waals surface area contributed by atoms with Crippen LogP contribution < -0.4 is 5.32 Å². The van der Waals surface area contributed by atoms with Crippen LogP contribution in [0.4, 0.5) is 0 Å². The van der Waals surface area contributed by atoms with Crippen LogP contribution in [0.25, 0.3) is 0 Å². The van der Waals surface area contributed by atoms with Gasteiger partial charge in [-0.15, -0.1) is 0 Å². The molecule has 7 nitrogen and oxygen atoms in total. The molecule has 0 fully saturated rings. The van der Waals surface area contributed by atoms with E-state index in [0.717, 1.165) is 0 Å². The number of carboxylic acids is 1. The Kier molecular flexibility index (Phi) is 5.12. The molecule has 0 aromatic carbocycles. The van der Waals surface area contributed by atoms with Crippen LogP contribution in [0.15, 0.2) is 12.7 Å². The van der Waals surface area contributed by atoms with Crippen molar-refractivity contribution in [1.29, 1.82) is 0 Å². The maximum Gasteiger partial charge on any atom is 0.306 e. The fraction of sp³-hybridized carbons (Fsp3) is 0.600. The molecular weight excluding hydrogens is 224 g/mol. The van der Waals surface area contributed by atoms with Crippen LogP contribution in [0.1, 0.15) is 19.8 Å². The summed E-state index contributed by atoms with van der Waals surface area (Å²) in [5, 5.41) is 15.2. The number of aromatic nitrogens is 3. The monoisotopic (exact) mass is 240 g/mol. The molecule has 1 amide bonds. The summed E-state index contributed by atoms with van der Waals surface area (Å²) in [6.07, 6.45) is 4.03. The number of amides is 1. The van der Waals surface area contributed by atoms with Gasteiger partial charge in [-0.1, -0.05) is 6.92 Å². The summed E-state index contributed by atoms with van der Waals surface area (Å²) in [5.41, 5.74) is 0. The van der Waals surface area contributed by atoms with Crippen molar-refractivity contribution in [3.8, 4) is 0 Å². The number of aliphatic carboxylic acids is 1. The van der Waals surface area contributed by atoms with Crippen LogP contribution in [-0.2, 0) is 16.1 Å². The van der Waals surface area contributed by atoms with Gasteiger partial charge in [0.2, 0.25) is 5.91 Å². The molecule has 1 aromatic heterocycles. The van der Waals surface area contributed by atoms with Crippen LogP contribution in [0.3, 0.4) is 0 Å². The Labute approximate surface area is 98.8 Å². The lowest BCUT2D eigenvalue weighted by Crippen LogP contribution is -2.29. The highest BCUT2D eigenvalue weighted by atomic mass is 16.4. The molecule has 7 heteroatoms. The minimum atomic E-state index is -0.807. The zero-order valence-electron chi connectivity index (χ0n) is 9.67. The van der Waals surface area contributed by atoms with Crippen molar-refractivity contribution in [2.45, 2.75) is 26.3 Å². The van der Waals surface area contributed by atoms with E-state index in [-0.39, 0.29) is 18.4 Å². The predicted molar refractivity (Wildman–Crippen MR) is 59.1 cm³/mol. The summed E-state index contributed by atoms with van der Waals surface area (Å²) in [4.78, 5) is 25.6. The van der Waals surface area contributed by atoms with Gasteiger partial charge in [0.25, 0.3) is 0 Å². The smallest absolute Gasteiger partial charge is 0.306 e. The molecule has 2 N–H and O–H groups in total. The number of carboxylic acid groups (broad SMARTS) is 1. The van der Waals surface area contributed by atoms with Crippen molar-refractivity contribution in [2.24, 2.45) is 5.92 Å². The molecule has 0 saturated carbocycles. The van der Waals surface area contributed by atoms with Gasteiger partial charge in [0.15, 0.2) is 0 Å². The fourth-order valence-corrected chi connectivity index (χ4v) is 1.28. The third-order valence-corrected chi connectivity index (χ3v) is 2.33. The highest BCUT2D eigenvalue weighted by Gasteiger charge is 2.10. The minimum absolute atomic E-state index is 0.133. The molecule has 0 saturated heterocycles. The topological polar surface area (TPSA) is 97.1 Å². The number of nitrogens with zero attached hydrogens (tertiary/aromatic N) is 3. The standard InChI is InChI=1S/C10H16N4O3/c1-8(10(16)17)3-2-4-12-9(15)5-14-7-11-6-13-14/h6-8H,2-5H2,1H3,(H,12,15)(H,16,17). The van der Waals surface area contributed by atoms with E-state index in [9.17, 15) is 9.59 Å². The minimum Gasteiger partial charge on any atom is -0.481 e. The van der Waals surface area contributed by atoms with E-state index in [1.54, 1.807) is 6.92 Å². The van der Waals surface area contributed by atoms with Crippen LogP contribution in [0.5, 0.6) is 0 Å².